The third kappa shape index (κ3) is 4.88. The average molecular weight is 384 g/mol. The van der Waals surface area contributed by atoms with E-state index in [1.54, 1.807) is 4.90 Å². The van der Waals surface area contributed by atoms with Crippen molar-refractivity contribution < 1.29 is 4.79 Å². The standard InChI is InChI=1S/C20H29N7O/c1-14(16-8-6-5-7-9-16)22-20(21-12-18-25-24-15(2)27(18)4)23-17-10-11-19(28)26(3)13-17/h5-9,14,17H,10-13H2,1-4H3,(H2,21,22,23). The second-order valence-electron chi connectivity index (χ2n) is 7.32. The number of carbonyl (C=O) groups excluding carboxylic acids is 1. The molecule has 8 heteroatoms. The SMILES string of the molecule is Cc1nnc(CN=C(NC2CCC(=O)N(C)C2)NC(C)c2ccccc2)n1C. The number of guanidine groups is 1. The van der Waals surface area contributed by atoms with Crippen molar-refractivity contribution in [2.75, 3.05) is 13.6 Å². The van der Waals surface area contributed by atoms with Crippen LogP contribution < -0.4 is 10.6 Å². The topological polar surface area (TPSA) is 87.4 Å². The first-order valence-corrected chi connectivity index (χ1v) is 9.65. The second-order valence-corrected chi connectivity index (χ2v) is 7.32. The lowest BCUT2D eigenvalue weighted by atomic mass is 10.1. The highest BCUT2D eigenvalue weighted by Gasteiger charge is 2.24. The summed E-state index contributed by atoms with van der Waals surface area (Å²) in [5.41, 5.74) is 1.18. The Morgan fingerprint density at radius 2 is 2.04 bits per heavy atom. The van der Waals surface area contributed by atoms with Crippen molar-refractivity contribution in [3.8, 4) is 0 Å². The van der Waals surface area contributed by atoms with Gasteiger partial charge < -0.3 is 20.1 Å². The number of likely N-dealkylation sites (N-methyl/N-ethyl adjacent to an activating group) is 1. The summed E-state index contributed by atoms with van der Waals surface area (Å²) in [6, 6.07) is 10.5. The van der Waals surface area contributed by atoms with Crippen LogP contribution >= 0.6 is 0 Å². The zero-order chi connectivity index (χ0) is 20.1. The van der Waals surface area contributed by atoms with Crippen LogP contribution in [0.4, 0.5) is 0 Å². The van der Waals surface area contributed by atoms with Crippen LogP contribution in [0.3, 0.4) is 0 Å². The number of aryl methyl sites for hydroxylation is 1. The van der Waals surface area contributed by atoms with Gasteiger partial charge in [-0.3, -0.25) is 4.79 Å². The van der Waals surface area contributed by atoms with E-state index in [1.807, 2.05) is 43.8 Å². The van der Waals surface area contributed by atoms with Crippen LogP contribution in [-0.4, -0.2) is 51.2 Å². The molecular weight excluding hydrogens is 354 g/mol. The van der Waals surface area contributed by atoms with E-state index in [9.17, 15) is 4.79 Å². The maximum Gasteiger partial charge on any atom is 0.222 e. The molecule has 2 aromatic rings. The highest BCUT2D eigenvalue weighted by Crippen LogP contribution is 2.13. The van der Waals surface area contributed by atoms with Crippen molar-refractivity contribution in [3.63, 3.8) is 0 Å². The lowest BCUT2D eigenvalue weighted by Gasteiger charge is -2.32. The molecule has 2 atom stereocenters. The van der Waals surface area contributed by atoms with Crippen molar-refractivity contribution >= 4 is 11.9 Å². The number of amides is 1. The summed E-state index contributed by atoms with van der Waals surface area (Å²) < 4.78 is 1.94. The lowest BCUT2D eigenvalue weighted by Crippen LogP contribution is -2.52. The zero-order valence-corrected chi connectivity index (χ0v) is 17.0. The molecule has 2 N–H and O–H groups in total. The van der Waals surface area contributed by atoms with E-state index in [0.29, 0.717) is 25.5 Å². The summed E-state index contributed by atoms with van der Waals surface area (Å²) in [7, 11) is 3.78. The number of carbonyl (C=O) groups is 1. The fraction of sp³-hybridized carbons (Fsp3) is 0.500. The van der Waals surface area contributed by atoms with Gasteiger partial charge in [-0.25, -0.2) is 4.99 Å². The first-order chi connectivity index (χ1) is 13.4. The van der Waals surface area contributed by atoms with Gasteiger partial charge in [-0.2, -0.15) is 0 Å². The second kappa shape index (κ2) is 8.86. The molecule has 150 valence electrons. The number of piperidine rings is 1. The minimum atomic E-state index is 0.0941. The molecule has 1 aliphatic heterocycles. The number of nitrogens with zero attached hydrogens (tertiary/aromatic N) is 5. The number of nitrogens with one attached hydrogen (secondary N) is 2. The van der Waals surface area contributed by atoms with Crippen molar-refractivity contribution in [1.29, 1.82) is 0 Å². The molecule has 1 fully saturated rings. The largest absolute Gasteiger partial charge is 0.352 e. The van der Waals surface area contributed by atoms with Gasteiger partial charge in [0.1, 0.15) is 12.4 Å². The van der Waals surface area contributed by atoms with Gasteiger partial charge in [-0.15, -0.1) is 10.2 Å². The quantitative estimate of drug-likeness (QED) is 0.604. The Morgan fingerprint density at radius 3 is 2.68 bits per heavy atom. The van der Waals surface area contributed by atoms with Crippen LogP contribution in [-0.2, 0) is 18.4 Å². The predicted octanol–water partition coefficient (Wildman–Crippen LogP) is 1.54. The Kier molecular flexibility index (Phi) is 6.28. The Bertz CT molecular complexity index is 830. The summed E-state index contributed by atoms with van der Waals surface area (Å²) in [6.07, 6.45) is 1.35. The molecule has 1 aliphatic rings. The minimum absolute atomic E-state index is 0.0941. The number of rotatable bonds is 5. The third-order valence-corrected chi connectivity index (χ3v) is 5.18. The van der Waals surface area contributed by atoms with E-state index < -0.39 is 0 Å². The Morgan fingerprint density at radius 1 is 1.29 bits per heavy atom. The molecule has 1 aromatic carbocycles. The average Bonchev–Trinajstić information content (AvgIpc) is 3.01. The lowest BCUT2D eigenvalue weighted by molar-refractivity contribution is -0.132. The molecule has 0 saturated carbocycles. The van der Waals surface area contributed by atoms with Gasteiger partial charge >= 0.3 is 0 Å². The molecule has 0 aliphatic carbocycles. The number of likely N-dealkylation sites (tertiary alicyclic amines) is 1. The fourth-order valence-corrected chi connectivity index (χ4v) is 3.22. The number of aromatic nitrogens is 3. The maximum absolute atomic E-state index is 11.8. The van der Waals surface area contributed by atoms with Crippen LogP contribution in [0.1, 0.15) is 43.0 Å². The first kappa shape index (κ1) is 19.9. The molecule has 2 unspecified atom stereocenters. The summed E-state index contributed by atoms with van der Waals surface area (Å²) in [4.78, 5) is 18.3. The summed E-state index contributed by atoms with van der Waals surface area (Å²) in [5.74, 6) is 2.57. The number of aliphatic imine (C=N–C) groups is 1. The molecule has 0 spiro atoms. The normalized spacial score (nSPS) is 18.9. The molecule has 0 bridgehead atoms. The van der Waals surface area contributed by atoms with E-state index in [1.165, 1.54) is 5.56 Å². The van der Waals surface area contributed by atoms with Gasteiger partial charge in [0.25, 0.3) is 0 Å². The smallest absolute Gasteiger partial charge is 0.222 e. The van der Waals surface area contributed by atoms with Gasteiger partial charge in [0.05, 0.1) is 6.04 Å². The highest BCUT2D eigenvalue weighted by molar-refractivity contribution is 5.81. The molecule has 1 saturated heterocycles. The van der Waals surface area contributed by atoms with E-state index in [0.717, 1.165) is 18.1 Å². The fourth-order valence-electron chi connectivity index (χ4n) is 3.22. The monoisotopic (exact) mass is 383 g/mol. The van der Waals surface area contributed by atoms with E-state index in [2.05, 4.69) is 39.9 Å². The molecule has 1 aromatic heterocycles. The van der Waals surface area contributed by atoms with E-state index in [4.69, 9.17) is 4.99 Å². The van der Waals surface area contributed by atoms with Crippen molar-refractivity contribution in [2.24, 2.45) is 12.0 Å². The van der Waals surface area contributed by atoms with Crippen LogP contribution in [0.2, 0.25) is 0 Å². The van der Waals surface area contributed by atoms with E-state index >= 15 is 0 Å². The predicted molar refractivity (Wildman–Crippen MR) is 109 cm³/mol. The van der Waals surface area contributed by atoms with Crippen molar-refractivity contribution in [2.45, 2.75) is 45.3 Å². The van der Waals surface area contributed by atoms with Crippen molar-refractivity contribution in [3.05, 3.63) is 47.5 Å². The summed E-state index contributed by atoms with van der Waals surface area (Å²) >= 11 is 0. The van der Waals surface area contributed by atoms with E-state index in [-0.39, 0.29) is 18.0 Å². The molecule has 3 rings (SSSR count). The molecular formula is C20H29N7O. The van der Waals surface area contributed by atoms with Gasteiger partial charge in [0.2, 0.25) is 5.91 Å². The molecule has 2 heterocycles. The van der Waals surface area contributed by atoms with Gasteiger partial charge in [-0.1, -0.05) is 30.3 Å². The molecule has 8 nitrogen and oxygen atoms in total. The number of hydrogen-bond donors (Lipinski definition) is 2. The zero-order valence-electron chi connectivity index (χ0n) is 17.0. The highest BCUT2D eigenvalue weighted by atomic mass is 16.2. The molecule has 1 amide bonds. The van der Waals surface area contributed by atoms with Gasteiger partial charge in [-0.05, 0) is 25.8 Å². The maximum atomic E-state index is 11.8. The number of hydrogen-bond acceptors (Lipinski definition) is 4. The van der Waals surface area contributed by atoms with Crippen molar-refractivity contribution in [1.82, 2.24) is 30.3 Å². The summed E-state index contributed by atoms with van der Waals surface area (Å²) in [6.45, 7) is 5.12. The first-order valence-electron chi connectivity index (χ1n) is 9.65. The summed E-state index contributed by atoms with van der Waals surface area (Å²) in [5, 5.41) is 15.3. The van der Waals surface area contributed by atoms with Gasteiger partial charge in [0, 0.05) is 33.1 Å². The molecule has 28 heavy (non-hydrogen) atoms. The third-order valence-electron chi connectivity index (χ3n) is 5.18. The Labute approximate surface area is 166 Å². The van der Waals surface area contributed by atoms with Crippen LogP contribution in [0, 0.1) is 6.92 Å². The Balaban J connectivity index is 1.73. The molecule has 0 radical (unpaired) electrons. The van der Waals surface area contributed by atoms with Crippen LogP contribution in [0.15, 0.2) is 35.3 Å². The van der Waals surface area contributed by atoms with Crippen LogP contribution in [0.5, 0.6) is 0 Å². The number of benzene rings is 1. The van der Waals surface area contributed by atoms with Gasteiger partial charge in [0.15, 0.2) is 11.8 Å². The minimum Gasteiger partial charge on any atom is -0.352 e. The van der Waals surface area contributed by atoms with Crippen LogP contribution in [0.25, 0.3) is 0 Å². The Hall–Kier alpha value is -2.90.